The molecule has 1 aliphatic rings. The Morgan fingerprint density at radius 2 is 2.43 bits per heavy atom. The van der Waals surface area contributed by atoms with Gasteiger partial charge in [-0.3, -0.25) is 9.78 Å². The van der Waals surface area contributed by atoms with Gasteiger partial charge in [-0.05, 0) is 17.7 Å². The summed E-state index contributed by atoms with van der Waals surface area (Å²) in [5, 5.41) is 22.2. The third-order valence-corrected chi connectivity index (χ3v) is 4.17. The van der Waals surface area contributed by atoms with Crippen LogP contribution in [0.2, 0.25) is 0 Å². The Hall–Kier alpha value is -1.76. The molecule has 0 saturated carbocycles. The van der Waals surface area contributed by atoms with E-state index in [1.807, 2.05) is 5.38 Å². The summed E-state index contributed by atoms with van der Waals surface area (Å²) < 4.78 is 21.5. The van der Waals surface area contributed by atoms with Crippen LogP contribution in [-0.4, -0.2) is 48.4 Å². The highest BCUT2D eigenvalue weighted by molar-refractivity contribution is 6.32. The number of aliphatic hydroxyl groups excluding tert-OH is 1. The number of ether oxygens (including phenoxy) is 1. The van der Waals surface area contributed by atoms with Crippen molar-refractivity contribution in [3.63, 3.8) is 0 Å². The number of halogens is 2. The van der Waals surface area contributed by atoms with E-state index in [2.05, 4.69) is 15.9 Å². The summed E-state index contributed by atoms with van der Waals surface area (Å²) in [5.41, 5.74) is 5.13. The molecule has 1 fully saturated rings. The molecule has 4 atom stereocenters. The maximum Gasteiger partial charge on any atom is 0.261 e. The Morgan fingerprint density at radius 3 is 3.09 bits per heavy atom. The van der Waals surface area contributed by atoms with E-state index < -0.39 is 35.4 Å². The van der Waals surface area contributed by atoms with Crippen molar-refractivity contribution in [2.75, 3.05) is 12.3 Å². The van der Waals surface area contributed by atoms with Crippen LogP contribution in [0.5, 0.6) is 0 Å². The van der Waals surface area contributed by atoms with Gasteiger partial charge in [0, 0.05) is 11.6 Å². The summed E-state index contributed by atoms with van der Waals surface area (Å²) in [6.45, 7) is -2.91. The van der Waals surface area contributed by atoms with Crippen molar-refractivity contribution < 1.29 is 17.7 Å². The number of anilines is 1. The fourth-order valence-corrected chi connectivity index (χ4v) is 3.03. The summed E-state index contributed by atoms with van der Waals surface area (Å²) in [5.74, 6) is 2.21. The van der Waals surface area contributed by atoms with Crippen LogP contribution in [0.4, 0.5) is 5.95 Å². The molecule has 10 heteroatoms. The van der Waals surface area contributed by atoms with Gasteiger partial charge in [0.05, 0.1) is 14.7 Å². The lowest BCUT2D eigenvalue weighted by atomic mass is 9.99. The number of hydrogen-bond donors (Lipinski definition) is 4. The summed E-state index contributed by atoms with van der Waals surface area (Å²) in [7, 11) is 0. The van der Waals surface area contributed by atoms with Crippen LogP contribution in [0.3, 0.4) is 0 Å². The molecule has 3 rings (SSSR count). The highest BCUT2D eigenvalue weighted by atomic mass is 35.5. The largest absolute Gasteiger partial charge is 0.394 e. The Bertz CT molecular complexity index is 947. The van der Waals surface area contributed by atoms with Gasteiger partial charge in [-0.2, -0.15) is 4.98 Å². The van der Waals surface area contributed by atoms with Gasteiger partial charge in [0.1, 0.15) is 12.2 Å². The molecule has 1 saturated heterocycles. The van der Waals surface area contributed by atoms with Crippen molar-refractivity contribution in [2.45, 2.75) is 23.3 Å². The normalized spacial score (nSPS) is 32.3. The highest BCUT2D eigenvalue weighted by Crippen LogP contribution is 2.44. The summed E-state index contributed by atoms with van der Waals surface area (Å²) >= 11 is 11.8. The van der Waals surface area contributed by atoms with Crippen LogP contribution in [0.15, 0.2) is 17.1 Å². The van der Waals surface area contributed by atoms with Gasteiger partial charge in [0.25, 0.3) is 5.56 Å². The van der Waals surface area contributed by atoms with Crippen molar-refractivity contribution in [2.24, 2.45) is 0 Å². The number of aromatic nitrogens is 3. The van der Waals surface area contributed by atoms with Gasteiger partial charge in [0.15, 0.2) is 16.7 Å². The minimum Gasteiger partial charge on any atom is -0.394 e. The summed E-state index contributed by atoms with van der Waals surface area (Å²) in [6, 6.07) is 1.42. The molecule has 0 amide bonds. The Morgan fingerprint density at radius 1 is 1.70 bits per heavy atom. The summed E-state index contributed by atoms with van der Waals surface area (Å²) in [4.78, 5) is 16.4. The minimum atomic E-state index is -2.91. The fourth-order valence-electron chi connectivity index (χ4n) is 2.50. The topological polar surface area (TPSA) is 126 Å². The molecular formula is C13H12Cl2N4O4. The van der Waals surface area contributed by atoms with Crippen LogP contribution in [0.1, 0.15) is 8.97 Å². The molecule has 3 heterocycles. The number of H-pyrrole nitrogens is 1. The van der Waals surface area contributed by atoms with Crippen molar-refractivity contribution in [3.8, 4) is 11.3 Å². The van der Waals surface area contributed by atoms with Gasteiger partial charge in [0.2, 0.25) is 5.95 Å². The molecule has 5 N–H and O–H groups in total. The lowest BCUT2D eigenvalue weighted by molar-refractivity contribution is -0.0435. The zero-order valence-corrected chi connectivity index (χ0v) is 12.8. The number of nitrogen functional groups attached to an aromatic ring is 1. The molecule has 0 spiro atoms. The minimum absolute atomic E-state index is 0.0824. The molecular weight excluding hydrogens is 347 g/mol. The van der Waals surface area contributed by atoms with Gasteiger partial charge in [-0.1, -0.05) is 17.5 Å². The molecule has 0 aliphatic carbocycles. The van der Waals surface area contributed by atoms with E-state index in [1.165, 1.54) is 16.8 Å². The van der Waals surface area contributed by atoms with Gasteiger partial charge in [-0.25, -0.2) is 0 Å². The lowest BCUT2D eigenvalue weighted by Crippen LogP contribution is -2.41. The van der Waals surface area contributed by atoms with E-state index in [0.717, 1.165) is 0 Å². The average Bonchev–Trinajstić information content (AvgIpc) is 3.00. The Kier molecular flexibility index (Phi) is 3.39. The monoisotopic (exact) mass is 360 g/mol. The maximum absolute atomic E-state index is 11.9. The Labute approximate surface area is 142 Å². The number of nitrogens with one attached hydrogen (secondary N) is 1. The second-order valence-electron chi connectivity index (χ2n) is 4.88. The van der Waals surface area contributed by atoms with Crippen LogP contribution in [-0.2, 0) is 4.74 Å². The van der Waals surface area contributed by atoms with E-state index in [0.29, 0.717) is 0 Å². The average molecular weight is 361 g/mol. The molecule has 1 aliphatic heterocycles. The summed E-state index contributed by atoms with van der Waals surface area (Å²) in [6.07, 6.45) is -3.37. The maximum atomic E-state index is 11.9. The van der Waals surface area contributed by atoms with Crippen LogP contribution in [0.25, 0.3) is 11.0 Å². The first-order valence-electron chi connectivity index (χ1n) is 7.33. The SMILES string of the molecule is [2H]C([2H])(O)[C@H]1O[C@@H](n2ccc3c(=O)[nH]c(N)nc32)C(Cl)(C#CCl)[C@H]1O. The lowest BCUT2D eigenvalue weighted by Gasteiger charge is -2.25. The fraction of sp³-hybridized carbons (Fsp3) is 0.385. The first-order chi connectivity index (χ1) is 11.6. The van der Waals surface area contributed by atoms with E-state index >= 15 is 0 Å². The van der Waals surface area contributed by atoms with Crippen molar-refractivity contribution in [1.82, 2.24) is 14.5 Å². The number of nitrogens with two attached hydrogens (primary N) is 1. The third-order valence-electron chi connectivity index (χ3n) is 3.57. The predicted molar refractivity (Wildman–Crippen MR) is 84.0 cm³/mol. The van der Waals surface area contributed by atoms with E-state index in [1.54, 1.807) is 0 Å². The molecule has 0 aromatic carbocycles. The zero-order valence-electron chi connectivity index (χ0n) is 13.3. The van der Waals surface area contributed by atoms with Gasteiger partial charge in [-0.15, -0.1) is 0 Å². The van der Waals surface area contributed by atoms with Crippen molar-refractivity contribution in [1.29, 1.82) is 0 Å². The van der Waals surface area contributed by atoms with Gasteiger partial charge < -0.3 is 25.3 Å². The molecule has 122 valence electrons. The molecule has 2 aromatic rings. The molecule has 1 unspecified atom stereocenters. The molecule has 0 radical (unpaired) electrons. The number of fused-ring (bicyclic) bond motifs is 1. The van der Waals surface area contributed by atoms with Crippen molar-refractivity contribution in [3.05, 3.63) is 22.6 Å². The second-order valence-corrected chi connectivity index (χ2v) is 5.70. The predicted octanol–water partition coefficient (Wildman–Crippen LogP) is -0.265. The molecule has 23 heavy (non-hydrogen) atoms. The Balaban J connectivity index is 2.21. The zero-order chi connectivity index (χ0) is 18.6. The van der Waals surface area contributed by atoms with Gasteiger partial charge >= 0.3 is 0 Å². The standard InChI is InChI=1S/C13H12Cl2N4O4/c14-3-2-13(15)8(21)7(5-20)23-11(13)19-4-1-6-9(19)17-12(16)18-10(6)22/h1,4,7-8,11,20-21H,5H2,(H3,16,17,18,22)/t7-,8+,11-,13?/m1/s1/i5D2. The number of rotatable bonds is 2. The molecule has 0 bridgehead atoms. The number of nitrogens with zero attached hydrogens (tertiary/aromatic N) is 2. The number of alkyl halides is 1. The second kappa shape index (κ2) is 5.70. The third kappa shape index (κ3) is 2.38. The van der Waals surface area contributed by atoms with Crippen LogP contribution in [0, 0.1) is 11.3 Å². The van der Waals surface area contributed by atoms with Crippen molar-refractivity contribution >= 4 is 40.2 Å². The van der Waals surface area contributed by atoms with E-state index in [9.17, 15) is 15.0 Å². The number of aromatic amines is 1. The first-order valence-corrected chi connectivity index (χ1v) is 7.09. The smallest absolute Gasteiger partial charge is 0.261 e. The van der Waals surface area contributed by atoms with E-state index in [4.69, 9.17) is 36.4 Å². The highest BCUT2D eigenvalue weighted by Gasteiger charge is 2.55. The van der Waals surface area contributed by atoms with Crippen LogP contribution < -0.4 is 11.3 Å². The van der Waals surface area contributed by atoms with Crippen LogP contribution >= 0.6 is 23.2 Å². The van der Waals surface area contributed by atoms with E-state index in [-0.39, 0.29) is 17.0 Å². The number of hydrogen-bond acceptors (Lipinski definition) is 6. The first kappa shape index (κ1) is 13.7. The molecule has 8 nitrogen and oxygen atoms in total. The number of aliphatic hydroxyl groups is 2. The molecule has 2 aromatic heterocycles. The quantitative estimate of drug-likeness (QED) is 0.431.